The van der Waals surface area contributed by atoms with Gasteiger partial charge in [0.15, 0.2) is 0 Å². The van der Waals surface area contributed by atoms with E-state index >= 15 is 0 Å². The normalized spacial score (nSPS) is 12.4. The Bertz CT molecular complexity index is 207. The molecule has 0 heterocycles. The van der Waals surface area contributed by atoms with Crippen molar-refractivity contribution in [3.63, 3.8) is 0 Å². The number of hydrogen-bond acceptors (Lipinski definition) is 2. The minimum Gasteiger partial charge on any atom is -0.356 e. The Morgan fingerprint density at radius 1 is 1.05 bits per heavy atom. The highest BCUT2D eigenvalue weighted by molar-refractivity contribution is 5.75. The summed E-state index contributed by atoms with van der Waals surface area (Å²) in [6.45, 7) is 5.99. The minimum atomic E-state index is 0.212. The summed E-state index contributed by atoms with van der Waals surface area (Å²) in [5.41, 5.74) is 5.56. The van der Waals surface area contributed by atoms with Gasteiger partial charge in [0, 0.05) is 13.0 Å². The maximum Gasteiger partial charge on any atom is 0.220 e. The first-order valence-corrected chi connectivity index (χ1v) is 8.21. The van der Waals surface area contributed by atoms with Gasteiger partial charge in [0.2, 0.25) is 5.91 Å². The zero-order chi connectivity index (χ0) is 14.3. The smallest absolute Gasteiger partial charge is 0.220 e. The Morgan fingerprint density at radius 3 is 2.37 bits per heavy atom. The molecular formula is C16H34N2O. The summed E-state index contributed by atoms with van der Waals surface area (Å²) in [4.78, 5) is 11.7. The van der Waals surface area contributed by atoms with E-state index in [2.05, 4.69) is 19.2 Å². The minimum absolute atomic E-state index is 0.212. The second kappa shape index (κ2) is 13.9. The predicted molar refractivity (Wildman–Crippen MR) is 83.1 cm³/mol. The molecule has 0 spiro atoms. The second-order valence-electron chi connectivity index (χ2n) is 5.51. The highest BCUT2D eigenvalue weighted by Crippen LogP contribution is 2.14. The van der Waals surface area contributed by atoms with Crippen molar-refractivity contribution >= 4 is 5.91 Å². The highest BCUT2D eigenvalue weighted by atomic mass is 16.1. The Balaban J connectivity index is 3.38. The fourth-order valence-electron chi connectivity index (χ4n) is 2.35. The number of carbonyl (C=O) groups is 1. The van der Waals surface area contributed by atoms with Gasteiger partial charge in [0.1, 0.15) is 0 Å². The van der Waals surface area contributed by atoms with Gasteiger partial charge < -0.3 is 11.1 Å². The van der Waals surface area contributed by atoms with E-state index in [1.54, 1.807) is 0 Å². The van der Waals surface area contributed by atoms with E-state index in [9.17, 15) is 4.79 Å². The van der Waals surface area contributed by atoms with Crippen LogP contribution in [0.4, 0.5) is 0 Å². The number of amides is 1. The van der Waals surface area contributed by atoms with Crippen LogP contribution in [0.15, 0.2) is 0 Å². The van der Waals surface area contributed by atoms with Crippen molar-refractivity contribution in [2.75, 3.05) is 13.1 Å². The summed E-state index contributed by atoms with van der Waals surface area (Å²) in [7, 11) is 0. The average Bonchev–Trinajstić information content (AvgIpc) is 2.42. The number of hydrogen-bond donors (Lipinski definition) is 2. The lowest BCUT2D eigenvalue weighted by atomic mass is 9.96. The van der Waals surface area contributed by atoms with Gasteiger partial charge in [-0.25, -0.2) is 0 Å². The molecule has 1 amide bonds. The fraction of sp³-hybridized carbons (Fsp3) is 0.938. The second-order valence-corrected chi connectivity index (χ2v) is 5.51. The molecule has 0 saturated heterocycles. The summed E-state index contributed by atoms with van der Waals surface area (Å²) in [5.74, 6) is 0.828. The van der Waals surface area contributed by atoms with E-state index in [1.807, 2.05) is 0 Å². The van der Waals surface area contributed by atoms with Crippen LogP contribution in [-0.4, -0.2) is 19.0 Å². The maximum atomic E-state index is 11.7. The number of nitrogens with one attached hydrogen (secondary N) is 1. The molecule has 3 heteroatoms. The summed E-state index contributed by atoms with van der Waals surface area (Å²) >= 11 is 0. The van der Waals surface area contributed by atoms with Crippen molar-refractivity contribution in [3.05, 3.63) is 0 Å². The van der Waals surface area contributed by atoms with Gasteiger partial charge in [0.05, 0.1) is 0 Å². The van der Waals surface area contributed by atoms with Crippen LogP contribution in [-0.2, 0) is 4.79 Å². The van der Waals surface area contributed by atoms with Crippen molar-refractivity contribution in [2.45, 2.75) is 78.1 Å². The molecule has 0 aromatic heterocycles. The van der Waals surface area contributed by atoms with E-state index in [0.717, 1.165) is 38.8 Å². The van der Waals surface area contributed by atoms with Crippen molar-refractivity contribution in [1.29, 1.82) is 0 Å². The molecule has 0 aromatic carbocycles. The Kier molecular flexibility index (Phi) is 13.4. The van der Waals surface area contributed by atoms with Crippen molar-refractivity contribution in [1.82, 2.24) is 5.32 Å². The van der Waals surface area contributed by atoms with Gasteiger partial charge in [-0.15, -0.1) is 0 Å². The third kappa shape index (κ3) is 12.2. The third-order valence-corrected chi connectivity index (χ3v) is 3.78. The average molecular weight is 270 g/mol. The van der Waals surface area contributed by atoms with Gasteiger partial charge in [-0.05, 0) is 31.7 Å². The first kappa shape index (κ1) is 18.4. The number of rotatable bonds is 13. The number of carbonyl (C=O) groups excluding carboxylic acids is 1. The Labute approximate surface area is 119 Å². The standard InChI is InChI=1S/C16H34N2O/c1-3-5-6-7-8-9-14-18-16(19)11-10-15(4-2)12-13-17/h15H,3-14,17H2,1-2H3,(H,18,19). The third-order valence-electron chi connectivity index (χ3n) is 3.78. The van der Waals surface area contributed by atoms with E-state index in [0.29, 0.717) is 12.3 Å². The van der Waals surface area contributed by atoms with E-state index in [1.165, 1.54) is 32.1 Å². The monoisotopic (exact) mass is 270 g/mol. The Morgan fingerprint density at radius 2 is 1.74 bits per heavy atom. The molecule has 19 heavy (non-hydrogen) atoms. The van der Waals surface area contributed by atoms with Gasteiger partial charge in [-0.2, -0.15) is 0 Å². The fourth-order valence-corrected chi connectivity index (χ4v) is 2.35. The largest absolute Gasteiger partial charge is 0.356 e. The molecule has 1 unspecified atom stereocenters. The molecule has 0 bridgehead atoms. The molecule has 0 rings (SSSR count). The van der Waals surface area contributed by atoms with Gasteiger partial charge in [-0.1, -0.05) is 52.4 Å². The van der Waals surface area contributed by atoms with E-state index in [4.69, 9.17) is 5.73 Å². The lowest BCUT2D eigenvalue weighted by Crippen LogP contribution is -2.25. The molecule has 3 N–H and O–H groups in total. The Hall–Kier alpha value is -0.570. The van der Waals surface area contributed by atoms with Crippen LogP contribution < -0.4 is 11.1 Å². The topological polar surface area (TPSA) is 55.1 Å². The summed E-state index contributed by atoms with van der Waals surface area (Å²) in [6.07, 6.45) is 11.4. The van der Waals surface area contributed by atoms with Crippen molar-refractivity contribution in [2.24, 2.45) is 11.7 Å². The molecule has 0 aromatic rings. The van der Waals surface area contributed by atoms with E-state index in [-0.39, 0.29) is 5.91 Å². The molecule has 0 aliphatic rings. The molecule has 0 saturated carbocycles. The zero-order valence-electron chi connectivity index (χ0n) is 13.0. The molecule has 0 aliphatic heterocycles. The first-order chi connectivity index (χ1) is 9.24. The van der Waals surface area contributed by atoms with Gasteiger partial charge >= 0.3 is 0 Å². The molecule has 114 valence electrons. The van der Waals surface area contributed by atoms with Gasteiger partial charge in [0.25, 0.3) is 0 Å². The number of nitrogens with two attached hydrogens (primary N) is 1. The first-order valence-electron chi connectivity index (χ1n) is 8.21. The molecule has 1 atom stereocenters. The summed E-state index contributed by atoms with van der Waals surface area (Å²) in [5, 5.41) is 3.02. The SMILES string of the molecule is CCCCCCCCNC(=O)CCC(CC)CCN. The summed E-state index contributed by atoms with van der Waals surface area (Å²) in [6, 6.07) is 0. The van der Waals surface area contributed by atoms with Crippen LogP contribution in [0.3, 0.4) is 0 Å². The molecule has 3 nitrogen and oxygen atoms in total. The van der Waals surface area contributed by atoms with Crippen LogP contribution in [0.1, 0.15) is 78.1 Å². The molecule has 0 aliphatic carbocycles. The lowest BCUT2D eigenvalue weighted by molar-refractivity contribution is -0.121. The predicted octanol–water partition coefficient (Wildman–Crippen LogP) is 3.62. The van der Waals surface area contributed by atoms with Crippen LogP contribution in [0, 0.1) is 5.92 Å². The number of unbranched alkanes of at least 4 members (excludes halogenated alkanes) is 5. The lowest BCUT2D eigenvalue weighted by Gasteiger charge is -2.13. The quantitative estimate of drug-likeness (QED) is 0.502. The highest BCUT2D eigenvalue weighted by Gasteiger charge is 2.08. The van der Waals surface area contributed by atoms with Gasteiger partial charge in [-0.3, -0.25) is 4.79 Å². The van der Waals surface area contributed by atoms with Crippen LogP contribution in [0.5, 0.6) is 0 Å². The van der Waals surface area contributed by atoms with E-state index < -0.39 is 0 Å². The van der Waals surface area contributed by atoms with Crippen LogP contribution in [0.25, 0.3) is 0 Å². The maximum absolute atomic E-state index is 11.7. The van der Waals surface area contributed by atoms with Crippen LogP contribution in [0.2, 0.25) is 0 Å². The molecular weight excluding hydrogens is 236 g/mol. The molecule has 0 fully saturated rings. The van der Waals surface area contributed by atoms with Crippen LogP contribution >= 0.6 is 0 Å². The zero-order valence-corrected chi connectivity index (χ0v) is 13.0. The summed E-state index contributed by atoms with van der Waals surface area (Å²) < 4.78 is 0. The molecule has 0 radical (unpaired) electrons. The van der Waals surface area contributed by atoms with Crippen molar-refractivity contribution < 1.29 is 4.79 Å². The van der Waals surface area contributed by atoms with Crippen molar-refractivity contribution in [3.8, 4) is 0 Å².